The predicted molar refractivity (Wildman–Crippen MR) is 89.9 cm³/mol. The van der Waals surface area contributed by atoms with Crippen molar-refractivity contribution in [2.75, 3.05) is 12.9 Å². The first-order valence-electron chi connectivity index (χ1n) is 7.26. The zero-order valence-electron chi connectivity index (χ0n) is 12.2. The lowest BCUT2D eigenvalue weighted by atomic mass is 9.95. The molecule has 2 N–H and O–H groups in total. The van der Waals surface area contributed by atoms with E-state index in [-0.39, 0.29) is 12.5 Å². The van der Waals surface area contributed by atoms with Gasteiger partial charge in [0.15, 0.2) is 0 Å². The van der Waals surface area contributed by atoms with Crippen molar-refractivity contribution < 1.29 is 9.90 Å². The van der Waals surface area contributed by atoms with Crippen LogP contribution in [0.15, 0.2) is 12.1 Å². The Morgan fingerprint density at radius 2 is 2.38 bits per heavy atom. The summed E-state index contributed by atoms with van der Waals surface area (Å²) in [6, 6.07) is 4.00. The number of rotatable bonds is 4. The highest BCUT2D eigenvalue weighted by Crippen LogP contribution is 2.27. The Morgan fingerprint density at radius 1 is 1.52 bits per heavy atom. The van der Waals surface area contributed by atoms with Crippen LogP contribution in [0.2, 0.25) is 0 Å². The zero-order chi connectivity index (χ0) is 15.1. The molecule has 2 rings (SSSR count). The molecule has 0 aliphatic heterocycles. The second-order valence-corrected chi connectivity index (χ2v) is 7.36. The summed E-state index contributed by atoms with van der Waals surface area (Å²) in [5.41, 5.74) is 0. The number of carbonyl (C=O) groups excluding carboxylic acids is 1. The quantitative estimate of drug-likeness (QED) is 0.838. The molecule has 2 atom stereocenters. The maximum Gasteiger partial charge on any atom is 0.261 e. The Balaban J connectivity index is 1.90. The van der Waals surface area contributed by atoms with E-state index in [2.05, 4.69) is 23.4 Å². The molecule has 1 amide bonds. The SMILES string of the molecule is CSC1CCCC(NC(=O)c2ccc(C#CCCO)s2)C1. The first-order valence-corrected chi connectivity index (χ1v) is 9.36. The number of thioether (sulfide) groups is 1. The maximum atomic E-state index is 12.3. The number of aliphatic hydroxyl groups is 1. The normalized spacial score (nSPS) is 21.4. The van der Waals surface area contributed by atoms with Gasteiger partial charge in [0.2, 0.25) is 0 Å². The Kier molecular flexibility index (Phi) is 6.62. The summed E-state index contributed by atoms with van der Waals surface area (Å²) in [6.45, 7) is 0.0734. The topological polar surface area (TPSA) is 49.3 Å². The second kappa shape index (κ2) is 8.47. The Labute approximate surface area is 134 Å². The molecule has 2 unspecified atom stereocenters. The molecule has 1 heterocycles. The van der Waals surface area contributed by atoms with Gasteiger partial charge in [-0.05, 0) is 37.7 Å². The molecule has 21 heavy (non-hydrogen) atoms. The highest BCUT2D eigenvalue weighted by Gasteiger charge is 2.23. The van der Waals surface area contributed by atoms with Gasteiger partial charge < -0.3 is 10.4 Å². The van der Waals surface area contributed by atoms with Gasteiger partial charge >= 0.3 is 0 Å². The summed E-state index contributed by atoms with van der Waals surface area (Å²) < 4.78 is 0. The molecule has 0 bridgehead atoms. The largest absolute Gasteiger partial charge is 0.395 e. The Bertz CT molecular complexity index is 530. The summed E-state index contributed by atoms with van der Waals surface area (Å²) in [6.07, 6.45) is 7.22. The van der Waals surface area contributed by atoms with Crippen LogP contribution in [0.5, 0.6) is 0 Å². The predicted octanol–water partition coefficient (Wildman–Crippen LogP) is 2.89. The third-order valence-electron chi connectivity index (χ3n) is 3.57. The summed E-state index contributed by atoms with van der Waals surface area (Å²) in [4.78, 5) is 13.8. The van der Waals surface area contributed by atoms with Crippen LogP contribution in [0, 0.1) is 11.8 Å². The fourth-order valence-electron chi connectivity index (χ4n) is 2.48. The van der Waals surface area contributed by atoms with Crippen LogP contribution in [0.1, 0.15) is 46.7 Å². The third kappa shape index (κ3) is 5.06. The summed E-state index contributed by atoms with van der Waals surface area (Å²) >= 11 is 3.31. The number of nitrogens with one attached hydrogen (secondary N) is 1. The first kappa shape index (κ1) is 16.4. The van der Waals surface area contributed by atoms with E-state index in [0.717, 1.165) is 22.6 Å². The number of aliphatic hydroxyl groups excluding tert-OH is 1. The molecule has 5 heteroatoms. The average Bonchev–Trinajstić information content (AvgIpc) is 2.97. The van der Waals surface area contributed by atoms with Crippen LogP contribution in [0.4, 0.5) is 0 Å². The number of carbonyl (C=O) groups is 1. The minimum atomic E-state index is 0.0157. The third-order valence-corrected chi connectivity index (χ3v) is 5.67. The van der Waals surface area contributed by atoms with Crippen LogP contribution in [0.25, 0.3) is 0 Å². The van der Waals surface area contributed by atoms with Gasteiger partial charge in [-0.25, -0.2) is 0 Å². The number of hydrogen-bond donors (Lipinski definition) is 2. The van der Waals surface area contributed by atoms with Gasteiger partial charge in [-0.2, -0.15) is 11.8 Å². The van der Waals surface area contributed by atoms with Gasteiger partial charge in [0.1, 0.15) is 0 Å². The van der Waals surface area contributed by atoms with Gasteiger partial charge in [0.05, 0.1) is 16.4 Å². The summed E-state index contributed by atoms with van der Waals surface area (Å²) in [7, 11) is 0. The molecule has 3 nitrogen and oxygen atoms in total. The van der Waals surface area contributed by atoms with E-state index in [1.807, 2.05) is 23.9 Å². The van der Waals surface area contributed by atoms with Gasteiger partial charge in [0.25, 0.3) is 5.91 Å². The van der Waals surface area contributed by atoms with Crippen molar-refractivity contribution in [3.63, 3.8) is 0 Å². The van der Waals surface area contributed by atoms with Crippen LogP contribution in [0.3, 0.4) is 0 Å². The lowest BCUT2D eigenvalue weighted by molar-refractivity contribution is 0.0932. The van der Waals surface area contributed by atoms with E-state index >= 15 is 0 Å². The van der Waals surface area contributed by atoms with E-state index in [9.17, 15) is 4.79 Å². The molecule has 0 aromatic carbocycles. The molecule has 0 radical (unpaired) electrons. The van der Waals surface area contributed by atoms with Gasteiger partial charge in [-0.15, -0.1) is 11.3 Å². The fraction of sp³-hybridized carbons (Fsp3) is 0.562. The van der Waals surface area contributed by atoms with E-state index in [4.69, 9.17) is 5.11 Å². The highest BCUT2D eigenvalue weighted by atomic mass is 32.2. The molecular weight excluding hydrogens is 302 g/mol. The lowest BCUT2D eigenvalue weighted by Crippen LogP contribution is -2.38. The van der Waals surface area contributed by atoms with E-state index in [1.54, 1.807) is 0 Å². The van der Waals surface area contributed by atoms with Crippen molar-refractivity contribution in [3.05, 3.63) is 21.9 Å². The minimum absolute atomic E-state index is 0.0157. The number of hydrogen-bond acceptors (Lipinski definition) is 4. The van der Waals surface area contributed by atoms with Crippen LogP contribution in [-0.4, -0.2) is 35.2 Å². The van der Waals surface area contributed by atoms with E-state index < -0.39 is 0 Å². The van der Waals surface area contributed by atoms with Gasteiger partial charge in [0, 0.05) is 17.7 Å². The summed E-state index contributed by atoms with van der Waals surface area (Å²) in [5, 5.41) is 12.5. The standard InChI is InChI=1S/C16H21NO2S2/c1-20-14-7-4-5-12(11-14)17-16(19)15-9-8-13(21-15)6-2-3-10-18/h8-9,12,14,18H,3-5,7,10-11H2,1H3,(H,17,19). The van der Waals surface area contributed by atoms with Gasteiger partial charge in [-0.1, -0.05) is 18.3 Å². The smallest absolute Gasteiger partial charge is 0.261 e. The second-order valence-electron chi connectivity index (χ2n) is 5.13. The molecule has 114 valence electrons. The van der Waals surface area contributed by atoms with Crippen molar-refractivity contribution in [1.82, 2.24) is 5.32 Å². The molecule has 1 fully saturated rings. The first-order chi connectivity index (χ1) is 10.2. The van der Waals surface area contributed by atoms with Crippen LogP contribution in [-0.2, 0) is 0 Å². The molecule has 1 aromatic rings. The molecule has 1 aromatic heterocycles. The monoisotopic (exact) mass is 323 g/mol. The van der Waals surface area contributed by atoms with Crippen molar-refractivity contribution in [3.8, 4) is 11.8 Å². The van der Waals surface area contributed by atoms with Crippen molar-refractivity contribution in [2.24, 2.45) is 0 Å². The molecular formula is C16H21NO2S2. The minimum Gasteiger partial charge on any atom is -0.395 e. The van der Waals surface area contributed by atoms with Crippen molar-refractivity contribution in [2.45, 2.75) is 43.4 Å². The molecule has 1 aliphatic rings. The van der Waals surface area contributed by atoms with E-state index in [0.29, 0.717) is 17.7 Å². The Hall–Kier alpha value is -0.960. The van der Waals surface area contributed by atoms with E-state index in [1.165, 1.54) is 24.2 Å². The molecule has 0 saturated heterocycles. The average molecular weight is 323 g/mol. The molecule has 1 aliphatic carbocycles. The maximum absolute atomic E-state index is 12.3. The molecule has 0 spiro atoms. The van der Waals surface area contributed by atoms with Crippen LogP contribution >= 0.6 is 23.1 Å². The van der Waals surface area contributed by atoms with Crippen molar-refractivity contribution in [1.29, 1.82) is 0 Å². The Morgan fingerprint density at radius 3 is 3.14 bits per heavy atom. The highest BCUT2D eigenvalue weighted by molar-refractivity contribution is 7.99. The van der Waals surface area contributed by atoms with Crippen LogP contribution < -0.4 is 5.32 Å². The zero-order valence-corrected chi connectivity index (χ0v) is 13.9. The fourth-order valence-corrected chi connectivity index (χ4v) is 4.09. The summed E-state index contributed by atoms with van der Waals surface area (Å²) in [5.74, 6) is 5.86. The molecule has 1 saturated carbocycles. The lowest BCUT2D eigenvalue weighted by Gasteiger charge is -2.28. The van der Waals surface area contributed by atoms with Gasteiger partial charge in [-0.3, -0.25) is 4.79 Å². The van der Waals surface area contributed by atoms with Crippen molar-refractivity contribution >= 4 is 29.0 Å². The number of thiophene rings is 1. The number of amides is 1.